The summed E-state index contributed by atoms with van der Waals surface area (Å²) in [7, 11) is 1.55. The van der Waals surface area contributed by atoms with Gasteiger partial charge in [-0.05, 0) is 43.2 Å². The molecule has 90 valence electrons. The molecule has 0 saturated heterocycles. The Labute approximate surface area is 104 Å². The highest BCUT2D eigenvalue weighted by Crippen LogP contribution is 2.20. The van der Waals surface area contributed by atoms with Crippen molar-refractivity contribution in [2.45, 2.75) is 18.9 Å². The Hall–Kier alpha value is -1.33. The fourth-order valence-corrected chi connectivity index (χ4v) is 2.68. The number of benzene rings is 1. The largest absolute Gasteiger partial charge is 0.278 e. The molecule has 0 radical (unpaired) electrons. The van der Waals surface area contributed by atoms with Crippen molar-refractivity contribution in [3.05, 3.63) is 41.6 Å². The minimum absolute atomic E-state index is 0.0239. The molecular weight excluding hydrogens is 260 g/mol. The first-order valence-electron chi connectivity index (χ1n) is 4.95. The lowest BCUT2D eigenvalue weighted by molar-refractivity contribution is 0.600. The zero-order chi connectivity index (χ0) is 12.6. The van der Waals surface area contributed by atoms with Crippen molar-refractivity contribution in [3.63, 3.8) is 0 Å². The molecule has 0 atom stereocenters. The van der Waals surface area contributed by atoms with Crippen molar-refractivity contribution in [1.29, 1.82) is 0 Å². The minimum atomic E-state index is -3.79. The number of rotatable bonds is 2. The van der Waals surface area contributed by atoms with E-state index in [-0.39, 0.29) is 5.03 Å². The molecule has 1 aromatic carbocycles. The Morgan fingerprint density at radius 3 is 2.29 bits per heavy atom. The summed E-state index contributed by atoms with van der Waals surface area (Å²) >= 11 is 0. The Kier molecular flexibility index (Phi) is 2.97. The average molecular weight is 271 g/mol. The smallest absolute Gasteiger partial charge is 0.221 e. The van der Waals surface area contributed by atoms with Crippen LogP contribution in [0.5, 0.6) is 0 Å². The molecule has 2 rings (SSSR count). The maximum atomic E-state index is 11.4. The van der Waals surface area contributed by atoms with Gasteiger partial charge >= 0.3 is 0 Å². The van der Waals surface area contributed by atoms with E-state index in [1.54, 1.807) is 0 Å². The maximum Gasteiger partial charge on any atom is 0.278 e. The number of aromatic nitrogens is 2. The lowest BCUT2D eigenvalue weighted by atomic mass is 10.1. The number of halogens is 1. The Bertz CT molecular complexity index is 642. The third kappa shape index (κ3) is 2.50. The quantitative estimate of drug-likeness (QED) is 0.788. The van der Waals surface area contributed by atoms with E-state index in [1.807, 2.05) is 32.0 Å². The molecule has 0 fully saturated rings. The van der Waals surface area contributed by atoms with Crippen LogP contribution in [0.4, 0.5) is 0 Å². The van der Waals surface area contributed by atoms with Gasteiger partial charge in [0.25, 0.3) is 9.05 Å². The number of aryl methyl sites for hydroxylation is 2. The van der Waals surface area contributed by atoms with Crippen LogP contribution in [-0.4, -0.2) is 18.2 Å². The monoisotopic (exact) mass is 270 g/mol. The standard InChI is InChI=1S/C11H11ClN2O2S/c1-8-5-9(2)7-10(6-8)14-11(3-4-13-14)17(12,15)16/h3-7H,1-2H3. The highest BCUT2D eigenvalue weighted by molar-refractivity contribution is 8.13. The van der Waals surface area contributed by atoms with E-state index in [4.69, 9.17) is 10.7 Å². The van der Waals surface area contributed by atoms with Gasteiger partial charge in [-0.25, -0.2) is 13.1 Å². The Morgan fingerprint density at radius 1 is 1.18 bits per heavy atom. The van der Waals surface area contributed by atoms with Crippen molar-refractivity contribution in [3.8, 4) is 5.69 Å². The van der Waals surface area contributed by atoms with E-state index in [2.05, 4.69) is 5.10 Å². The maximum absolute atomic E-state index is 11.4. The first-order valence-corrected chi connectivity index (χ1v) is 7.26. The highest BCUT2D eigenvalue weighted by Gasteiger charge is 2.17. The molecule has 6 heteroatoms. The second-order valence-corrected chi connectivity index (χ2v) is 6.38. The molecule has 1 aromatic heterocycles. The van der Waals surface area contributed by atoms with E-state index in [0.29, 0.717) is 5.69 Å². The fraction of sp³-hybridized carbons (Fsp3) is 0.182. The third-order valence-electron chi connectivity index (χ3n) is 2.31. The van der Waals surface area contributed by atoms with Gasteiger partial charge in [0, 0.05) is 10.7 Å². The molecule has 4 nitrogen and oxygen atoms in total. The normalized spacial score (nSPS) is 11.7. The van der Waals surface area contributed by atoms with Gasteiger partial charge in [-0.1, -0.05) is 6.07 Å². The van der Waals surface area contributed by atoms with Gasteiger partial charge in [-0.3, -0.25) is 0 Å². The zero-order valence-corrected chi connectivity index (χ0v) is 11.0. The van der Waals surface area contributed by atoms with Gasteiger partial charge in [0.1, 0.15) is 0 Å². The highest BCUT2D eigenvalue weighted by atomic mass is 35.7. The van der Waals surface area contributed by atoms with Crippen LogP contribution >= 0.6 is 10.7 Å². The van der Waals surface area contributed by atoms with Crippen LogP contribution in [0.15, 0.2) is 35.5 Å². The average Bonchev–Trinajstić information content (AvgIpc) is 2.63. The second kappa shape index (κ2) is 4.16. The van der Waals surface area contributed by atoms with Crippen molar-refractivity contribution < 1.29 is 8.42 Å². The molecule has 17 heavy (non-hydrogen) atoms. The van der Waals surface area contributed by atoms with E-state index in [9.17, 15) is 8.42 Å². The SMILES string of the molecule is Cc1cc(C)cc(-n2nccc2S(=O)(=O)Cl)c1. The van der Waals surface area contributed by atoms with Crippen molar-refractivity contribution >= 4 is 19.7 Å². The first kappa shape index (κ1) is 12.1. The topological polar surface area (TPSA) is 52.0 Å². The summed E-state index contributed by atoms with van der Waals surface area (Å²) in [6.45, 7) is 3.88. The molecule has 0 bridgehead atoms. The van der Waals surface area contributed by atoms with E-state index < -0.39 is 9.05 Å². The molecule has 0 aliphatic rings. The number of hydrogen-bond acceptors (Lipinski definition) is 3. The molecule has 0 N–H and O–H groups in total. The van der Waals surface area contributed by atoms with Gasteiger partial charge in [0.15, 0.2) is 5.03 Å². The van der Waals surface area contributed by atoms with E-state index in [1.165, 1.54) is 16.9 Å². The summed E-state index contributed by atoms with van der Waals surface area (Å²) in [5, 5.41) is 3.96. The number of nitrogens with zero attached hydrogens (tertiary/aromatic N) is 2. The van der Waals surface area contributed by atoms with Crippen LogP contribution in [0.25, 0.3) is 5.69 Å². The fourth-order valence-electron chi connectivity index (χ4n) is 1.74. The summed E-state index contributed by atoms with van der Waals surface area (Å²) < 4.78 is 24.0. The number of hydrogen-bond donors (Lipinski definition) is 0. The lowest BCUT2D eigenvalue weighted by Crippen LogP contribution is -2.05. The van der Waals surface area contributed by atoms with Crippen LogP contribution in [0.2, 0.25) is 0 Å². The molecule has 2 aromatic rings. The molecule has 0 aliphatic carbocycles. The van der Waals surface area contributed by atoms with Crippen molar-refractivity contribution in [2.75, 3.05) is 0 Å². The second-order valence-electron chi connectivity index (χ2n) is 3.87. The lowest BCUT2D eigenvalue weighted by Gasteiger charge is -2.07. The van der Waals surface area contributed by atoms with E-state index >= 15 is 0 Å². The van der Waals surface area contributed by atoms with Crippen molar-refractivity contribution in [2.24, 2.45) is 0 Å². The van der Waals surface area contributed by atoms with Gasteiger partial charge in [0.05, 0.1) is 11.9 Å². The summed E-state index contributed by atoms with van der Waals surface area (Å²) in [6, 6.07) is 7.08. The van der Waals surface area contributed by atoms with Gasteiger partial charge in [-0.2, -0.15) is 5.10 Å². The minimum Gasteiger partial charge on any atom is -0.221 e. The predicted molar refractivity (Wildman–Crippen MR) is 66.1 cm³/mol. The van der Waals surface area contributed by atoms with Crippen LogP contribution in [0.1, 0.15) is 11.1 Å². The molecular formula is C11H11ClN2O2S. The molecule has 0 spiro atoms. The predicted octanol–water partition coefficient (Wildman–Crippen LogP) is 2.42. The van der Waals surface area contributed by atoms with Crippen LogP contribution in [0.3, 0.4) is 0 Å². The van der Waals surface area contributed by atoms with Gasteiger partial charge in [-0.15, -0.1) is 0 Å². The molecule has 0 saturated carbocycles. The summed E-state index contributed by atoms with van der Waals surface area (Å²) in [6.07, 6.45) is 1.41. The summed E-state index contributed by atoms with van der Waals surface area (Å²) in [5.41, 5.74) is 2.76. The third-order valence-corrected chi connectivity index (χ3v) is 3.59. The summed E-state index contributed by atoms with van der Waals surface area (Å²) in [4.78, 5) is 0. The van der Waals surface area contributed by atoms with Gasteiger partial charge < -0.3 is 0 Å². The van der Waals surface area contributed by atoms with Crippen LogP contribution < -0.4 is 0 Å². The van der Waals surface area contributed by atoms with Crippen LogP contribution in [-0.2, 0) is 9.05 Å². The van der Waals surface area contributed by atoms with Gasteiger partial charge in [0.2, 0.25) is 0 Å². The van der Waals surface area contributed by atoms with E-state index in [0.717, 1.165) is 11.1 Å². The molecule has 0 amide bonds. The zero-order valence-electron chi connectivity index (χ0n) is 9.38. The van der Waals surface area contributed by atoms with Crippen molar-refractivity contribution in [1.82, 2.24) is 9.78 Å². The Morgan fingerprint density at radius 2 is 1.76 bits per heavy atom. The summed E-state index contributed by atoms with van der Waals surface area (Å²) in [5.74, 6) is 0. The Balaban J connectivity index is 2.66. The molecule has 0 unspecified atom stereocenters. The molecule has 0 aliphatic heterocycles. The first-order chi connectivity index (χ1) is 7.88. The molecule has 1 heterocycles. The van der Waals surface area contributed by atoms with Crippen LogP contribution in [0, 0.1) is 13.8 Å².